The first-order valence-electron chi connectivity index (χ1n) is 5.03. The van der Waals surface area contributed by atoms with E-state index in [0.717, 1.165) is 12.3 Å². The van der Waals surface area contributed by atoms with Crippen molar-refractivity contribution in [3.05, 3.63) is 24.3 Å². The van der Waals surface area contributed by atoms with Crippen LogP contribution in [0.3, 0.4) is 0 Å². The van der Waals surface area contributed by atoms with Gasteiger partial charge in [0.25, 0.3) is 0 Å². The van der Waals surface area contributed by atoms with E-state index in [1.54, 1.807) is 12.1 Å². The van der Waals surface area contributed by atoms with Crippen molar-refractivity contribution in [3.63, 3.8) is 0 Å². The van der Waals surface area contributed by atoms with Crippen LogP contribution in [0.1, 0.15) is 0 Å². The van der Waals surface area contributed by atoms with Crippen LogP contribution in [0.2, 0.25) is 0 Å². The lowest BCUT2D eigenvalue weighted by atomic mass is 10.3. The molecule has 1 aromatic carbocycles. The Morgan fingerprint density at radius 2 is 2.06 bits per heavy atom. The van der Waals surface area contributed by atoms with Gasteiger partial charge in [-0.3, -0.25) is 10.0 Å². The maximum absolute atomic E-state index is 12.4. The summed E-state index contributed by atoms with van der Waals surface area (Å²) in [6.45, 7) is 0.730. The largest absolute Gasteiger partial charge is 0.487 e. The summed E-state index contributed by atoms with van der Waals surface area (Å²) >= 11 is 6.20. The molecular formula is C10H10ClF2N3OS. The monoisotopic (exact) mass is 293 g/mol. The maximum Gasteiger partial charge on any atom is 0.487 e. The molecule has 4 nitrogen and oxygen atoms in total. The molecule has 0 atom stereocenters. The zero-order valence-electron chi connectivity index (χ0n) is 9.15. The lowest BCUT2D eigenvalue weighted by Crippen LogP contribution is -2.34. The Hall–Kier alpha value is -1.05. The van der Waals surface area contributed by atoms with Gasteiger partial charge in [0.05, 0.1) is 12.2 Å². The summed E-state index contributed by atoms with van der Waals surface area (Å²) in [7, 11) is 0. The zero-order valence-corrected chi connectivity index (χ0v) is 10.7. The fraction of sp³-hybridized carbons (Fsp3) is 0.300. The van der Waals surface area contributed by atoms with Gasteiger partial charge in [0.1, 0.15) is 5.75 Å². The first-order valence-corrected chi connectivity index (χ1v) is 6.40. The van der Waals surface area contributed by atoms with Crippen LogP contribution in [0.25, 0.3) is 0 Å². The number of thioether (sulfide) groups is 1. The Kier molecular flexibility index (Phi) is 3.94. The van der Waals surface area contributed by atoms with E-state index in [9.17, 15) is 8.78 Å². The van der Waals surface area contributed by atoms with E-state index in [2.05, 4.69) is 21.3 Å². The van der Waals surface area contributed by atoms with Crippen molar-refractivity contribution < 1.29 is 13.5 Å². The lowest BCUT2D eigenvalue weighted by Gasteiger charge is -2.18. The molecule has 2 N–H and O–H groups in total. The lowest BCUT2D eigenvalue weighted by molar-refractivity contribution is -0.0964. The summed E-state index contributed by atoms with van der Waals surface area (Å²) in [4.78, 5) is 4.20. The van der Waals surface area contributed by atoms with Crippen LogP contribution in [0.4, 0.5) is 14.5 Å². The topological polar surface area (TPSA) is 50.8 Å². The Balaban J connectivity index is 2.07. The van der Waals surface area contributed by atoms with Crippen LogP contribution in [0.15, 0.2) is 29.3 Å². The number of hydrogen-bond donors (Lipinski definition) is 1. The number of halogens is 3. The number of ether oxygens (including phenoxy) is 1. The first-order chi connectivity index (χ1) is 8.46. The summed E-state index contributed by atoms with van der Waals surface area (Å²) < 4.78 is 29.0. The number of hydrogen-bond acceptors (Lipinski definition) is 5. The molecule has 8 heteroatoms. The van der Waals surface area contributed by atoms with E-state index in [4.69, 9.17) is 5.84 Å². The van der Waals surface area contributed by atoms with Gasteiger partial charge in [-0.05, 0) is 24.3 Å². The van der Waals surface area contributed by atoms with Crippen molar-refractivity contribution >= 4 is 34.2 Å². The molecule has 0 aliphatic carbocycles. The number of rotatable bonds is 3. The van der Waals surface area contributed by atoms with E-state index in [1.807, 2.05) is 0 Å². The summed E-state index contributed by atoms with van der Waals surface area (Å²) in [5, 5.41) is 2.10. The molecule has 0 unspecified atom stereocenters. The van der Waals surface area contributed by atoms with Crippen molar-refractivity contribution in [1.82, 2.24) is 0 Å². The molecule has 98 valence electrons. The highest BCUT2D eigenvalue weighted by Crippen LogP contribution is 2.27. The van der Waals surface area contributed by atoms with Gasteiger partial charge in [0.2, 0.25) is 0 Å². The Bertz CT molecular complexity index is 449. The molecule has 0 spiro atoms. The van der Waals surface area contributed by atoms with Crippen LogP contribution in [0.5, 0.6) is 5.75 Å². The number of alkyl halides is 3. The van der Waals surface area contributed by atoms with Gasteiger partial charge in [0.15, 0.2) is 5.17 Å². The fourth-order valence-electron chi connectivity index (χ4n) is 1.39. The number of nitrogens with zero attached hydrogens (tertiary/aromatic N) is 2. The third kappa shape index (κ3) is 3.47. The van der Waals surface area contributed by atoms with Gasteiger partial charge in [-0.1, -0.05) is 11.8 Å². The predicted molar refractivity (Wildman–Crippen MR) is 69.3 cm³/mol. The molecule has 0 amide bonds. The van der Waals surface area contributed by atoms with Crippen molar-refractivity contribution in [3.8, 4) is 5.75 Å². The normalized spacial score (nSPS) is 15.4. The third-order valence-electron chi connectivity index (χ3n) is 2.12. The average molecular weight is 294 g/mol. The number of amidine groups is 1. The maximum atomic E-state index is 12.4. The van der Waals surface area contributed by atoms with Crippen molar-refractivity contribution in [2.24, 2.45) is 10.8 Å². The summed E-state index contributed by atoms with van der Waals surface area (Å²) in [6.07, 6.45) is 0. The Morgan fingerprint density at radius 3 is 2.56 bits per heavy atom. The van der Waals surface area contributed by atoms with E-state index in [0.29, 0.717) is 10.9 Å². The van der Waals surface area contributed by atoms with Crippen molar-refractivity contribution in [2.45, 2.75) is 5.57 Å². The van der Waals surface area contributed by atoms with Crippen molar-refractivity contribution in [2.75, 3.05) is 17.3 Å². The molecule has 0 bridgehead atoms. The highest BCUT2D eigenvalue weighted by atomic mass is 35.5. The zero-order chi connectivity index (χ0) is 13.2. The summed E-state index contributed by atoms with van der Waals surface area (Å²) in [5.74, 6) is 6.70. The van der Waals surface area contributed by atoms with E-state index in [1.165, 1.54) is 28.9 Å². The smallest absolute Gasteiger partial charge is 0.420 e. The van der Waals surface area contributed by atoms with Gasteiger partial charge in [0, 0.05) is 17.4 Å². The minimum absolute atomic E-state index is 0.0341. The molecule has 1 heterocycles. The van der Waals surface area contributed by atoms with E-state index in [-0.39, 0.29) is 5.75 Å². The van der Waals surface area contributed by atoms with Gasteiger partial charge in [-0.15, -0.1) is 8.78 Å². The highest BCUT2D eigenvalue weighted by Gasteiger charge is 2.27. The van der Waals surface area contributed by atoms with Crippen LogP contribution < -0.4 is 15.6 Å². The van der Waals surface area contributed by atoms with Gasteiger partial charge < -0.3 is 4.74 Å². The summed E-state index contributed by atoms with van der Waals surface area (Å²) in [5.41, 5.74) is -3.08. The molecule has 1 aromatic rings. The Labute approximate surface area is 112 Å². The molecule has 0 fully saturated rings. The quantitative estimate of drug-likeness (QED) is 0.529. The van der Waals surface area contributed by atoms with Gasteiger partial charge >= 0.3 is 5.57 Å². The molecule has 2 rings (SSSR count). The molecule has 0 radical (unpaired) electrons. The molecular weight excluding hydrogens is 284 g/mol. The second kappa shape index (κ2) is 5.29. The predicted octanol–water partition coefficient (Wildman–Crippen LogP) is 2.64. The van der Waals surface area contributed by atoms with Gasteiger partial charge in [-0.2, -0.15) is 0 Å². The fourth-order valence-corrected chi connectivity index (χ4v) is 2.27. The molecule has 1 aliphatic rings. The second-order valence-electron chi connectivity index (χ2n) is 3.42. The van der Waals surface area contributed by atoms with E-state index < -0.39 is 5.57 Å². The Morgan fingerprint density at radius 1 is 1.39 bits per heavy atom. The van der Waals surface area contributed by atoms with Crippen LogP contribution in [-0.2, 0) is 0 Å². The van der Waals surface area contributed by atoms with Crippen LogP contribution >= 0.6 is 23.4 Å². The average Bonchev–Trinajstić information content (AvgIpc) is 2.80. The second-order valence-corrected chi connectivity index (χ2v) is 4.93. The van der Waals surface area contributed by atoms with E-state index >= 15 is 0 Å². The first kappa shape index (κ1) is 13.4. The highest BCUT2D eigenvalue weighted by molar-refractivity contribution is 8.14. The molecule has 0 saturated carbocycles. The number of nitrogens with two attached hydrogens (primary N) is 1. The minimum atomic E-state index is -3.71. The minimum Gasteiger partial charge on any atom is -0.420 e. The molecule has 0 saturated heterocycles. The third-order valence-corrected chi connectivity index (χ3v) is 3.17. The van der Waals surface area contributed by atoms with Gasteiger partial charge in [-0.25, -0.2) is 5.84 Å². The molecule has 0 aromatic heterocycles. The number of aliphatic imine (C=N–C) groups is 1. The molecule has 18 heavy (non-hydrogen) atoms. The van der Waals surface area contributed by atoms with Crippen LogP contribution in [-0.4, -0.2) is 23.0 Å². The standard InChI is InChI=1S/C10H10ClF2N3OS/c11-10(12,13)17-8-3-1-7(2-4-8)16(14)9-15-5-6-18-9/h1-4H,5-6,14H2. The molecule has 1 aliphatic heterocycles. The van der Waals surface area contributed by atoms with Crippen LogP contribution in [0, 0.1) is 0 Å². The summed E-state index contributed by atoms with van der Waals surface area (Å²) in [6, 6.07) is 5.84. The van der Waals surface area contributed by atoms with Crippen molar-refractivity contribution in [1.29, 1.82) is 0 Å². The number of benzene rings is 1. The number of anilines is 1. The number of hydrazine groups is 1. The SMILES string of the molecule is NN(C1=NCCS1)c1ccc(OC(F)(F)Cl)cc1.